The fourth-order valence-electron chi connectivity index (χ4n) is 1.19. The number of rotatable bonds is 6. The Morgan fingerprint density at radius 3 is 2.76 bits per heavy atom. The smallest absolute Gasteiger partial charge is 0.315 e. The van der Waals surface area contributed by atoms with E-state index in [1.165, 1.54) is 0 Å². The van der Waals surface area contributed by atoms with Crippen molar-refractivity contribution in [2.24, 2.45) is 0 Å². The molecule has 2 N–H and O–H groups in total. The normalized spacial score (nSPS) is 9.35. The summed E-state index contributed by atoms with van der Waals surface area (Å²) in [6.45, 7) is 1.72. The minimum Gasteiger partial charge on any atom is -0.375 e. The van der Waals surface area contributed by atoms with E-state index in [1.54, 1.807) is 0 Å². The highest BCUT2D eigenvalue weighted by molar-refractivity contribution is 5.74. The molecular weight excluding hydrogens is 216 g/mol. The van der Waals surface area contributed by atoms with Gasteiger partial charge < -0.3 is 15.4 Å². The van der Waals surface area contributed by atoms with Crippen LogP contribution in [0.25, 0.3) is 0 Å². The maximum Gasteiger partial charge on any atom is 0.315 e. The highest BCUT2D eigenvalue weighted by Crippen LogP contribution is 1.99. The fourth-order valence-corrected chi connectivity index (χ4v) is 1.19. The molecule has 2 amide bonds. The van der Waals surface area contributed by atoms with Gasteiger partial charge in [0.05, 0.1) is 19.8 Å². The molecule has 0 unspecified atom stereocenters. The second-order valence-corrected chi connectivity index (χ2v) is 3.35. The average molecular weight is 232 g/mol. The Labute approximate surface area is 101 Å². The average Bonchev–Trinajstić information content (AvgIpc) is 2.37. The first-order valence-electron chi connectivity index (χ1n) is 5.40. The lowest BCUT2D eigenvalue weighted by atomic mass is 10.2. The summed E-state index contributed by atoms with van der Waals surface area (Å²) < 4.78 is 5.39. The summed E-state index contributed by atoms with van der Waals surface area (Å²) >= 11 is 0. The van der Waals surface area contributed by atoms with Crippen LogP contribution in [0.5, 0.6) is 0 Å². The monoisotopic (exact) mass is 232 g/mol. The first kappa shape index (κ1) is 13.1. The summed E-state index contributed by atoms with van der Waals surface area (Å²) in [7, 11) is 0. The van der Waals surface area contributed by atoms with Crippen LogP contribution in [0.3, 0.4) is 0 Å². The summed E-state index contributed by atoms with van der Waals surface area (Å²) in [6.07, 6.45) is 5.00. The zero-order chi connectivity index (χ0) is 12.3. The maximum atomic E-state index is 11.1. The molecule has 90 valence electrons. The Kier molecular flexibility index (Phi) is 6.30. The predicted molar refractivity (Wildman–Crippen MR) is 66.3 cm³/mol. The van der Waals surface area contributed by atoms with Gasteiger partial charge in [-0.05, 0) is 5.56 Å². The van der Waals surface area contributed by atoms with Crippen LogP contribution in [-0.4, -0.2) is 25.7 Å². The fraction of sp³-hybridized carbons (Fsp3) is 0.308. The molecule has 17 heavy (non-hydrogen) atoms. The standard InChI is InChI=1S/C13H16N2O2/c1-2-8-14-13(16)15-9-10-17-11-12-6-4-3-5-7-12/h1,3-7H,8-11H2,(H2,14,15,16). The van der Waals surface area contributed by atoms with Crippen molar-refractivity contribution in [2.75, 3.05) is 19.7 Å². The van der Waals surface area contributed by atoms with E-state index in [1.807, 2.05) is 30.3 Å². The van der Waals surface area contributed by atoms with Gasteiger partial charge in [-0.3, -0.25) is 0 Å². The summed E-state index contributed by atoms with van der Waals surface area (Å²) in [5.41, 5.74) is 1.12. The molecule has 4 nitrogen and oxygen atoms in total. The Hall–Kier alpha value is -1.99. The molecule has 0 saturated heterocycles. The molecule has 0 aromatic heterocycles. The number of nitrogens with one attached hydrogen (secondary N) is 2. The van der Waals surface area contributed by atoms with Crippen molar-refractivity contribution in [3.05, 3.63) is 35.9 Å². The Morgan fingerprint density at radius 1 is 1.29 bits per heavy atom. The number of terminal acetylenes is 1. The molecule has 0 saturated carbocycles. The van der Waals surface area contributed by atoms with E-state index < -0.39 is 0 Å². The largest absolute Gasteiger partial charge is 0.375 e. The lowest BCUT2D eigenvalue weighted by Gasteiger charge is -2.06. The lowest BCUT2D eigenvalue weighted by Crippen LogP contribution is -2.37. The third-order valence-electron chi connectivity index (χ3n) is 1.99. The van der Waals surface area contributed by atoms with Gasteiger partial charge in [0.15, 0.2) is 0 Å². The molecule has 1 rings (SSSR count). The van der Waals surface area contributed by atoms with E-state index in [0.29, 0.717) is 19.8 Å². The van der Waals surface area contributed by atoms with E-state index in [2.05, 4.69) is 16.6 Å². The van der Waals surface area contributed by atoms with Gasteiger partial charge in [-0.25, -0.2) is 4.79 Å². The summed E-state index contributed by atoms with van der Waals surface area (Å²) in [5.74, 6) is 2.32. The number of urea groups is 1. The van der Waals surface area contributed by atoms with E-state index in [-0.39, 0.29) is 12.6 Å². The van der Waals surface area contributed by atoms with Gasteiger partial charge in [-0.1, -0.05) is 36.3 Å². The van der Waals surface area contributed by atoms with Crippen molar-refractivity contribution in [1.29, 1.82) is 0 Å². The number of carbonyl (C=O) groups excluding carboxylic acids is 1. The van der Waals surface area contributed by atoms with E-state index >= 15 is 0 Å². The highest BCUT2D eigenvalue weighted by atomic mass is 16.5. The van der Waals surface area contributed by atoms with Gasteiger partial charge >= 0.3 is 6.03 Å². The summed E-state index contributed by atoms with van der Waals surface area (Å²) in [6, 6.07) is 9.60. The molecule has 0 aliphatic carbocycles. The van der Waals surface area contributed by atoms with Crippen molar-refractivity contribution in [1.82, 2.24) is 10.6 Å². The molecule has 0 atom stereocenters. The molecule has 1 aromatic rings. The zero-order valence-electron chi connectivity index (χ0n) is 9.61. The molecule has 0 aliphatic rings. The van der Waals surface area contributed by atoms with Crippen LogP contribution in [0.1, 0.15) is 5.56 Å². The van der Waals surface area contributed by atoms with Gasteiger partial charge in [0.1, 0.15) is 0 Å². The third-order valence-corrected chi connectivity index (χ3v) is 1.99. The molecule has 0 spiro atoms. The molecule has 0 bridgehead atoms. The zero-order valence-corrected chi connectivity index (χ0v) is 9.61. The first-order chi connectivity index (χ1) is 8.33. The van der Waals surface area contributed by atoms with Crippen molar-refractivity contribution in [3.8, 4) is 12.3 Å². The third kappa shape index (κ3) is 6.23. The minimum atomic E-state index is -0.272. The van der Waals surface area contributed by atoms with Gasteiger partial charge in [0.25, 0.3) is 0 Å². The van der Waals surface area contributed by atoms with Crippen LogP contribution in [0, 0.1) is 12.3 Å². The second kappa shape index (κ2) is 8.20. The predicted octanol–water partition coefficient (Wildman–Crippen LogP) is 1.14. The Bertz CT molecular complexity index is 371. The topological polar surface area (TPSA) is 50.4 Å². The van der Waals surface area contributed by atoms with Crippen molar-refractivity contribution in [2.45, 2.75) is 6.61 Å². The number of hydrogen-bond donors (Lipinski definition) is 2. The summed E-state index contributed by atoms with van der Waals surface area (Å²) in [5, 5.41) is 5.13. The number of amides is 2. The first-order valence-corrected chi connectivity index (χ1v) is 5.40. The van der Waals surface area contributed by atoms with Crippen LogP contribution in [0.2, 0.25) is 0 Å². The van der Waals surface area contributed by atoms with Crippen molar-refractivity contribution < 1.29 is 9.53 Å². The number of benzene rings is 1. The van der Waals surface area contributed by atoms with Crippen LogP contribution >= 0.6 is 0 Å². The molecule has 0 aliphatic heterocycles. The molecule has 4 heteroatoms. The number of hydrogen-bond acceptors (Lipinski definition) is 2. The van der Waals surface area contributed by atoms with Crippen LogP contribution in [0.15, 0.2) is 30.3 Å². The molecule has 0 radical (unpaired) electrons. The Morgan fingerprint density at radius 2 is 2.06 bits per heavy atom. The quantitative estimate of drug-likeness (QED) is 0.570. The molecule has 0 fully saturated rings. The Balaban J connectivity index is 2.02. The number of carbonyl (C=O) groups is 1. The minimum absolute atomic E-state index is 0.233. The van der Waals surface area contributed by atoms with Crippen LogP contribution in [-0.2, 0) is 11.3 Å². The van der Waals surface area contributed by atoms with Gasteiger partial charge in [0, 0.05) is 6.54 Å². The van der Waals surface area contributed by atoms with Crippen molar-refractivity contribution in [3.63, 3.8) is 0 Å². The molecule has 1 aromatic carbocycles. The lowest BCUT2D eigenvalue weighted by molar-refractivity contribution is 0.123. The van der Waals surface area contributed by atoms with E-state index in [4.69, 9.17) is 11.2 Å². The summed E-state index contributed by atoms with van der Waals surface area (Å²) in [4.78, 5) is 11.1. The van der Waals surface area contributed by atoms with E-state index in [9.17, 15) is 4.79 Å². The maximum absolute atomic E-state index is 11.1. The van der Waals surface area contributed by atoms with Gasteiger partial charge in [0.2, 0.25) is 0 Å². The van der Waals surface area contributed by atoms with E-state index in [0.717, 1.165) is 5.56 Å². The van der Waals surface area contributed by atoms with Crippen LogP contribution in [0.4, 0.5) is 4.79 Å². The van der Waals surface area contributed by atoms with Gasteiger partial charge in [-0.15, -0.1) is 6.42 Å². The van der Waals surface area contributed by atoms with Crippen LogP contribution < -0.4 is 10.6 Å². The molecule has 0 heterocycles. The van der Waals surface area contributed by atoms with Crippen molar-refractivity contribution >= 4 is 6.03 Å². The number of ether oxygens (including phenoxy) is 1. The van der Waals surface area contributed by atoms with Gasteiger partial charge in [-0.2, -0.15) is 0 Å². The molecular formula is C13H16N2O2. The SMILES string of the molecule is C#CCNC(=O)NCCOCc1ccccc1. The highest BCUT2D eigenvalue weighted by Gasteiger charge is 1.96. The second-order valence-electron chi connectivity index (χ2n) is 3.35.